The Labute approximate surface area is 454 Å². The molecule has 1 heterocycles. The van der Waals surface area contributed by atoms with Crippen molar-refractivity contribution in [2.24, 2.45) is 0 Å². The van der Waals surface area contributed by atoms with Crippen LogP contribution in [0.15, 0.2) is 85.1 Å². The van der Waals surface area contributed by atoms with Crippen molar-refractivity contribution >= 4 is 23.9 Å². The molecule has 0 aromatic heterocycles. The third-order valence-corrected chi connectivity index (χ3v) is 12.9. The van der Waals surface area contributed by atoms with Gasteiger partial charge in [0.15, 0.2) is 24.6 Å². The summed E-state index contributed by atoms with van der Waals surface area (Å²) in [5, 5.41) is 31.5. The lowest BCUT2D eigenvalue weighted by Gasteiger charge is -2.40. The highest BCUT2D eigenvalue weighted by molar-refractivity contribution is 5.74. The minimum absolute atomic E-state index is 0.0438. The van der Waals surface area contributed by atoms with Gasteiger partial charge in [0, 0.05) is 19.3 Å². The second-order valence-electron chi connectivity index (χ2n) is 19.9. The van der Waals surface area contributed by atoms with Gasteiger partial charge in [0.25, 0.3) is 0 Å². The van der Waals surface area contributed by atoms with E-state index >= 15 is 0 Å². The van der Waals surface area contributed by atoms with E-state index in [9.17, 15) is 34.5 Å². The number of carboxylic acid groups (broad SMARTS) is 1. The Morgan fingerprint density at radius 2 is 0.840 bits per heavy atom. The van der Waals surface area contributed by atoms with Crippen LogP contribution in [0, 0.1) is 0 Å². The maximum Gasteiger partial charge on any atom is 0.335 e. The first kappa shape index (κ1) is 68.9. The highest BCUT2D eigenvalue weighted by Gasteiger charge is 2.50. The molecule has 1 aliphatic rings. The van der Waals surface area contributed by atoms with Gasteiger partial charge in [-0.05, 0) is 109 Å². The molecule has 75 heavy (non-hydrogen) atoms. The van der Waals surface area contributed by atoms with Crippen molar-refractivity contribution in [2.45, 2.75) is 276 Å². The van der Waals surface area contributed by atoms with E-state index in [-0.39, 0.29) is 25.9 Å². The van der Waals surface area contributed by atoms with Crippen LogP contribution in [0.4, 0.5) is 0 Å². The average molecular weight is 1050 g/mol. The first-order valence-corrected chi connectivity index (χ1v) is 29.6. The number of aliphatic hydroxyl groups excluding tert-OH is 2. The molecule has 0 saturated carbocycles. The van der Waals surface area contributed by atoms with E-state index in [1.54, 1.807) is 0 Å². The topological polar surface area (TPSA) is 175 Å². The van der Waals surface area contributed by atoms with Gasteiger partial charge < -0.3 is 39.0 Å². The Hall–Kier alpha value is -4.10. The smallest absolute Gasteiger partial charge is 0.335 e. The zero-order valence-corrected chi connectivity index (χ0v) is 47.0. The maximum absolute atomic E-state index is 13.1. The van der Waals surface area contributed by atoms with Crippen molar-refractivity contribution < 1.29 is 58.2 Å². The molecule has 428 valence electrons. The number of allylic oxidation sites excluding steroid dienone is 14. The molecular weight excluding hydrogens is 949 g/mol. The van der Waals surface area contributed by atoms with Gasteiger partial charge in [-0.2, -0.15) is 0 Å². The van der Waals surface area contributed by atoms with Gasteiger partial charge in [-0.3, -0.25) is 14.4 Å². The molecule has 0 bridgehead atoms. The monoisotopic (exact) mass is 1050 g/mol. The van der Waals surface area contributed by atoms with Crippen molar-refractivity contribution in [1.82, 2.24) is 0 Å². The summed E-state index contributed by atoms with van der Waals surface area (Å²) >= 11 is 0. The molecule has 1 saturated heterocycles. The van der Waals surface area contributed by atoms with Crippen molar-refractivity contribution in [3.63, 3.8) is 0 Å². The molecule has 0 spiro atoms. The highest BCUT2D eigenvalue weighted by atomic mass is 16.7. The summed E-state index contributed by atoms with van der Waals surface area (Å²) in [4.78, 5) is 51.1. The molecule has 0 radical (unpaired) electrons. The van der Waals surface area contributed by atoms with Crippen molar-refractivity contribution in [1.29, 1.82) is 0 Å². The summed E-state index contributed by atoms with van der Waals surface area (Å²) in [5.74, 6) is -3.17. The molecule has 12 heteroatoms. The number of hydrogen-bond donors (Lipinski definition) is 3. The van der Waals surface area contributed by atoms with E-state index in [1.165, 1.54) is 25.7 Å². The molecule has 3 N–H and O–H groups in total. The van der Waals surface area contributed by atoms with Crippen molar-refractivity contribution in [3.05, 3.63) is 85.1 Å². The average Bonchev–Trinajstić information content (AvgIpc) is 3.39. The lowest BCUT2D eigenvalue weighted by atomic mass is 9.98. The van der Waals surface area contributed by atoms with Crippen molar-refractivity contribution in [2.75, 3.05) is 13.2 Å². The molecular formula is C63H104O12. The number of aliphatic hydroxyl groups is 2. The molecule has 0 aromatic carbocycles. The predicted octanol–water partition coefficient (Wildman–Crippen LogP) is 15.1. The van der Waals surface area contributed by atoms with Crippen LogP contribution in [0.5, 0.6) is 0 Å². The minimum atomic E-state index is -1.91. The molecule has 1 aliphatic heterocycles. The van der Waals surface area contributed by atoms with Gasteiger partial charge in [0.2, 0.25) is 0 Å². The number of unbranched alkanes of at least 4 members (excludes halogenated alkanes) is 21. The number of esters is 3. The molecule has 1 fully saturated rings. The van der Waals surface area contributed by atoms with Crippen LogP contribution in [0.1, 0.15) is 239 Å². The van der Waals surface area contributed by atoms with Crippen LogP contribution in [0.25, 0.3) is 0 Å². The van der Waals surface area contributed by atoms with Gasteiger partial charge in [0.1, 0.15) is 18.8 Å². The SMILES string of the molecule is CC/C=C\C/C=C\C/C=C\CCCCCCCCCC(=O)OC1C(OCC(COC(=O)CCCCCCC/C=C\C/C=C\C/C=C\CC)OC(=O)CCCCCCC/C=C\CCCCCC)OC(C(=O)O)C(O)C1O. The van der Waals surface area contributed by atoms with E-state index in [4.69, 9.17) is 23.7 Å². The number of hydrogen-bond acceptors (Lipinski definition) is 11. The summed E-state index contributed by atoms with van der Waals surface area (Å²) in [7, 11) is 0. The largest absolute Gasteiger partial charge is 0.479 e. The summed E-state index contributed by atoms with van der Waals surface area (Å²) < 4.78 is 28.4. The number of ether oxygens (including phenoxy) is 5. The minimum Gasteiger partial charge on any atom is -0.479 e. The quantitative estimate of drug-likeness (QED) is 0.0228. The number of carbonyl (C=O) groups excluding carboxylic acids is 3. The van der Waals surface area contributed by atoms with Gasteiger partial charge in [-0.1, -0.05) is 196 Å². The first-order valence-electron chi connectivity index (χ1n) is 29.6. The fraction of sp³-hybridized carbons (Fsp3) is 0.714. The van der Waals surface area contributed by atoms with Crippen LogP contribution in [-0.4, -0.2) is 89.2 Å². The Morgan fingerprint density at radius 3 is 1.29 bits per heavy atom. The standard InChI is InChI=1S/C63H104O12/c1-4-7-10-13-16-19-22-25-27-28-30-33-36-39-42-45-48-51-57(66)74-61-59(68)58(67)60(62(69)70)75-63(61)72-53-54(73-56(65)50-47-44-41-38-35-31-24-21-18-15-12-9-6-3)52-71-55(64)49-46-43-40-37-34-32-29-26-23-20-17-14-11-8-5-2/h7-8,10-11,16-17,19-21,24-27,29,54,58-61,63,67-68H,4-6,9,12-15,18,22-23,28,30-53H2,1-3H3,(H,69,70)/b10-7-,11-8-,19-16-,20-17-,24-21-,27-25-,29-26-. The number of rotatable bonds is 49. The summed E-state index contributed by atoms with van der Waals surface area (Å²) in [5.41, 5.74) is 0. The molecule has 12 nitrogen and oxygen atoms in total. The Bertz CT molecular complexity index is 1630. The van der Waals surface area contributed by atoms with Gasteiger partial charge in [-0.15, -0.1) is 0 Å². The number of aliphatic carboxylic acids is 1. The number of carboxylic acids is 1. The zero-order valence-electron chi connectivity index (χ0n) is 47.0. The van der Waals surface area contributed by atoms with Crippen LogP contribution in [-0.2, 0) is 42.9 Å². The fourth-order valence-corrected chi connectivity index (χ4v) is 8.45. The van der Waals surface area contributed by atoms with Crippen LogP contribution in [0.3, 0.4) is 0 Å². The highest BCUT2D eigenvalue weighted by Crippen LogP contribution is 2.26. The predicted molar refractivity (Wildman–Crippen MR) is 303 cm³/mol. The van der Waals surface area contributed by atoms with Crippen LogP contribution in [0.2, 0.25) is 0 Å². The molecule has 0 aromatic rings. The molecule has 6 atom stereocenters. The lowest BCUT2D eigenvalue weighted by molar-refractivity contribution is -0.301. The summed E-state index contributed by atoms with van der Waals surface area (Å²) in [6.07, 6.45) is 52.6. The van der Waals surface area contributed by atoms with Crippen LogP contribution < -0.4 is 0 Å². The fourth-order valence-electron chi connectivity index (χ4n) is 8.45. The van der Waals surface area contributed by atoms with Crippen molar-refractivity contribution in [3.8, 4) is 0 Å². The first-order chi connectivity index (χ1) is 36.6. The van der Waals surface area contributed by atoms with E-state index in [1.807, 2.05) is 0 Å². The summed E-state index contributed by atoms with van der Waals surface area (Å²) in [6.45, 7) is 5.73. The van der Waals surface area contributed by atoms with Gasteiger partial charge in [-0.25, -0.2) is 4.79 Å². The number of carbonyl (C=O) groups is 4. The summed E-state index contributed by atoms with van der Waals surface area (Å²) in [6, 6.07) is 0. The molecule has 6 unspecified atom stereocenters. The second kappa shape index (κ2) is 50.7. The van der Waals surface area contributed by atoms with E-state index in [2.05, 4.69) is 106 Å². The van der Waals surface area contributed by atoms with Gasteiger partial charge >= 0.3 is 23.9 Å². The van der Waals surface area contributed by atoms with E-state index in [0.717, 1.165) is 154 Å². The lowest BCUT2D eigenvalue weighted by Crippen LogP contribution is -2.61. The Morgan fingerprint density at radius 1 is 0.453 bits per heavy atom. The third kappa shape index (κ3) is 40.8. The Kier molecular flexibility index (Phi) is 46.6. The normalized spacial score (nSPS) is 18.8. The molecule has 0 amide bonds. The third-order valence-electron chi connectivity index (χ3n) is 12.9. The van der Waals surface area contributed by atoms with Crippen LogP contribution >= 0.6 is 0 Å². The second-order valence-corrected chi connectivity index (χ2v) is 19.9. The molecule has 1 rings (SSSR count). The van der Waals surface area contributed by atoms with Gasteiger partial charge in [0.05, 0.1) is 6.61 Å². The Balaban J connectivity index is 2.70. The molecule has 0 aliphatic carbocycles. The van der Waals surface area contributed by atoms with E-state index in [0.29, 0.717) is 19.3 Å². The van der Waals surface area contributed by atoms with E-state index < -0.39 is 67.3 Å². The zero-order chi connectivity index (χ0) is 54.7. The maximum atomic E-state index is 13.1.